The van der Waals surface area contributed by atoms with E-state index in [-0.39, 0.29) is 6.10 Å². The second-order valence-electron chi connectivity index (χ2n) is 6.15. The number of rotatable bonds is 3. The van der Waals surface area contributed by atoms with Crippen LogP contribution in [0.1, 0.15) is 18.1 Å². The van der Waals surface area contributed by atoms with E-state index in [0.29, 0.717) is 12.1 Å². The molecule has 0 unspecified atom stereocenters. The van der Waals surface area contributed by atoms with Gasteiger partial charge in [-0.3, -0.25) is 4.90 Å². The molecule has 1 N–H and O–H groups in total. The van der Waals surface area contributed by atoms with E-state index in [2.05, 4.69) is 32.3 Å². The van der Waals surface area contributed by atoms with Crippen molar-refractivity contribution >= 4 is 17.4 Å². The lowest BCUT2D eigenvalue weighted by molar-refractivity contribution is -0.0501. The molecule has 2 fully saturated rings. The third-order valence-corrected chi connectivity index (χ3v) is 4.85. The van der Waals surface area contributed by atoms with Crippen LogP contribution in [-0.4, -0.2) is 46.6 Å². The second kappa shape index (κ2) is 6.43. The van der Waals surface area contributed by atoms with Crippen LogP contribution < -0.4 is 5.32 Å². The summed E-state index contributed by atoms with van der Waals surface area (Å²) in [4.78, 5) is 10.7. The molecule has 0 saturated carbocycles. The molecule has 6 heteroatoms. The maximum Gasteiger partial charge on any atom is 0.129 e. The summed E-state index contributed by atoms with van der Waals surface area (Å²) < 4.78 is 6.08. The highest BCUT2D eigenvalue weighted by atomic mass is 35.5. The van der Waals surface area contributed by atoms with Gasteiger partial charge in [0.25, 0.3) is 0 Å². The Morgan fingerprint density at radius 3 is 2.83 bits per heavy atom. The molecule has 0 aliphatic carbocycles. The third-order valence-electron chi connectivity index (χ3n) is 4.59. The van der Waals surface area contributed by atoms with Crippen LogP contribution in [0.4, 0.5) is 5.82 Å². The van der Waals surface area contributed by atoms with Crippen molar-refractivity contribution in [2.45, 2.75) is 24.6 Å². The summed E-state index contributed by atoms with van der Waals surface area (Å²) in [6, 6.07) is 10.8. The van der Waals surface area contributed by atoms with Crippen LogP contribution in [0.5, 0.6) is 0 Å². The first-order valence-electron chi connectivity index (χ1n) is 7.91. The first-order chi connectivity index (χ1) is 11.3. The Kier molecular flexibility index (Phi) is 4.16. The van der Waals surface area contributed by atoms with E-state index in [1.807, 2.05) is 18.2 Å². The van der Waals surface area contributed by atoms with E-state index < -0.39 is 0 Å². The summed E-state index contributed by atoms with van der Waals surface area (Å²) in [7, 11) is 0. The van der Waals surface area contributed by atoms with Crippen LogP contribution in [-0.2, 0) is 4.74 Å². The number of anilines is 1. The van der Waals surface area contributed by atoms with Crippen LogP contribution in [0.3, 0.4) is 0 Å². The van der Waals surface area contributed by atoms with Crippen molar-refractivity contribution in [1.82, 2.24) is 14.9 Å². The molecular formula is C17H19ClN4O. The van der Waals surface area contributed by atoms with Crippen LogP contribution >= 0.6 is 11.6 Å². The van der Waals surface area contributed by atoms with Gasteiger partial charge in [-0.05, 0) is 30.2 Å². The van der Waals surface area contributed by atoms with E-state index in [9.17, 15) is 0 Å². The Morgan fingerprint density at radius 2 is 2.04 bits per heavy atom. The van der Waals surface area contributed by atoms with E-state index in [0.717, 1.165) is 37.0 Å². The first-order valence-corrected chi connectivity index (χ1v) is 8.29. The number of fused-ring (bicyclic) bond motifs is 1. The quantitative estimate of drug-likeness (QED) is 0.937. The second-order valence-corrected chi connectivity index (χ2v) is 6.59. The molecule has 0 bridgehead atoms. The van der Waals surface area contributed by atoms with Crippen LogP contribution in [0, 0.1) is 0 Å². The topological polar surface area (TPSA) is 50.3 Å². The van der Waals surface area contributed by atoms with Crippen molar-refractivity contribution in [2.24, 2.45) is 0 Å². The van der Waals surface area contributed by atoms with Crippen molar-refractivity contribution in [1.29, 1.82) is 0 Å². The number of aromatic nitrogens is 2. The van der Waals surface area contributed by atoms with Gasteiger partial charge in [0.1, 0.15) is 12.1 Å². The Labute approximate surface area is 140 Å². The molecule has 2 saturated heterocycles. The molecule has 1 aromatic carbocycles. The van der Waals surface area contributed by atoms with E-state index in [1.165, 1.54) is 5.56 Å². The van der Waals surface area contributed by atoms with Crippen molar-refractivity contribution < 1.29 is 4.74 Å². The average Bonchev–Trinajstić information content (AvgIpc) is 2.98. The van der Waals surface area contributed by atoms with Crippen molar-refractivity contribution in [2.75, 3.05) is 25.0 Å². The smallest absolute Gasteiger partial charge is 0.129 e. The molecule has 2 aromatic rings. The molecular weight excluding hydrogens is 312 g/mol. The lowest BCUT2D eigenvalue weighted by Crippen LogP contribution is -2.42. The molecule has 0 spiro atoms. The number of nitrogens with zero attached hydrogens (tertiary/aromatic N) is 3. The summed E-state index contributed by atoms with van der Waals surface area (Å²) in [6.07, 6.45) is 4.54. The molecule has 3 heterocycles. The number of benzene rings is 1. The Morgan fingerprint density at radius 1 is 1.17 bits per heavy atom. The van der Waals surface area contributed by atoms with Gasteiger partial charge in [-0.1, -0.05) is 23.7 Å². The van der Waals surface area contributed by atoms with Crippen LogP contribution in [0.15, 0.2) is 42.9 Å². The monoisotopic (exact) mass is 330 g/mol. The Balaban J connectivity index is 1.39. The molecule has 23 heavy (non-hydrogen) atoms. The van der Waals surface area contributed by atoms with Gasteiger partial charge < -0.3 is 10.1 Å². The van der Waals surface area contributed by atoms with Gasteiger partial charge in [0.05, 0.1) is 12.7 Å². The fraction of sp³-hybridized carbons (Fsp3) is 0.412. The zero-order chi connectivity index (χ0) is 15.6. The minimum atomic E-state index is 0.126. The summed E-state index contributed by atoms with van der Waals surface area (Å²) >= 11 is 5.97. The Hall–Kier alpha value is -1.69. The van der Waals surface area contributed by atoms with Gasteiger partial charge in [-0.15, -0.1) is 0 Å². The average molecular weight is 331 g/mol. The fourth-order valence-electron chi connectivity index (χ4n) is 3.44. The van der Waals surface area contributed by atoms with Gasteiger partial charge in [0.2, 0.25) is 0 Å². The van der Waals surface area contributed by atoms with Crippen molar-refractivity contribution in [3.8, 4) is 0 Å². The van der Waals surface area contributed by atoms with Gasteiger partial charge in [0, 0.05) is 36.4 Å². The molecule has 1 aromatic heterocycles. The minimum absolute atomic E-state index is 0.126. The molecule has 2 aliphatic heterocycles. The number of hydrogen-bond acceptors (Lipinski definition) is 5. The molecule has 120 valence electrons. The standard InChI is InChI=1S/C17H19ClN4O/c18-13-3-1-12(2-4-13)16-9-22-8-14(7-15(22)10-23-16)21-17-5-6-19-11-20-17/h1-6,11,14-16H,7-10H2,(H,19,20,21)/t14-,15+,16-/m1/s1. The predicted molar refractivity (Wildman–Crippen MR) is 89.6 cm³/mol. The highest BCUT2D eigenvalue weighted by Crippen LogP contribution is 2.31. The number of morpholine rings is 1. The first kappa shape index (κ1) is 14.9. The summed E-state index contributed by atoms with van der Waals surface area (Å²) in [5, 5.41) is 4.26. The van der Waals surface area contributed by atoms with Gasteiger partial charge in [-0.2, -0.15) is 0 Å². The molecule has 2 aliphatic rings. The van der Waals surface area contributed by atoms with Crippen LogP contribution in [0.25, 0.3) is 0 Å². The predicted octanol–water partition coefficient (Wildman–Crippen LogP) is 2.76. The van der Waals surface area contributed by atoms with E-state index in [4.69, 9.17) is 16.3 Å². The van der Waals surface area contributed by atoms with Gasteiger partial charge in [0.15, 0.2) is 0 Å². The molecule has 0 radical (unpaired) electrons. The fourth-order valence-corrected chi connectivity index (χ4v) is 3.57. The van der Waals surface area contributed by atoms with Crippen molar-refractivity contribution in [3.05, 3.63) is 53.4 Å². The lowest BCUT2D eigenvalue weighted by Gasteiger charge is -2.35. The zero-order valence-corrected chi connectivity index (χ0v) is 13.5. The lowest BCUT2D eigenvalue weighted by atomic mass is 10.1. The Bertz CT molecular complexity index is 651. The molecule has 0 amide bonds. The zero-order valence-electron chi connectivity index (χ0n) is 12.7. The van der Waals surface area contributed by atoms with Gasteiger partial charge >= 0.3 is 0 Å². The summed E-state index contributed by atoms with van der Waals surface area (Å²) in [5.74, 6) is 0.889. The van der Waals surface area contributed by atoms with E-state index in [1.54, 1.807) is 12.5 Å². The van der Waals surface area contributed by atoms with Gasteiger partial charge in [-0.25, -0.2) is 9.97 Å². The largest absolute Gasteiger partial charge is 0.371 e. The third kappa shape index (κ3) is 3.32. The summed E-state index contributed by atoms with van der Waals surface area (Å²) in [5.41, 5.74) is 1.19. The van der Waals surface area contributed by atoms with Crippen molar-refractivity contribution in [3.63, 3.8) is 0 Å². The van der Waals surface area contributed by atoms with Crippen LogP contribution in [0.2, 0.25) is 5.02 Å². The number of ether oxygens (including phenoxy) is 1. The normalized spacial score (nSPS) is 27.6. The minimum Gasteiger partial charge on any atom is -0.371 e. The number of nitrogens with one attached hydrogen (secondary N) is 1. The highest BCUT2D eigenvalue weighted by Gasteiger charge is 2.37. The molecule has 3 atom stereocenters. The van der Waals surface area contributed by atoms with E-state index >= 15 is 0 Å². The molecule has 5 nitrogen and oxygen atoms in total. The maximum atomic E-state index is 6.08. The highest BCUT2D eigenvalue weighted by molar-refractivity contribution is 6.30. The number of halogens is 1. The SMILES string of the molecule is Clc1ccc([C@H]2CN3C[C@H](Nc4ccncn4)C[C@H]3CO2)cc1. The maximum absolute atomic E-state index is 6.08. The summed E-state index contributed by atoms with van der Waals surface area (Å²) in [6.45, 7) is 2.71. The molecule has 4 rings (SSSR count). The number of hydrogen-bond donors (Lipinski definition) is 1.